The van der Waals surface area contributed by atoms with Crippen molar-refractivity contribution >= 4 is 21.8 Å². The molecule has 1 saturated heterocycles. The summed E-state index contributed by atoms with van der Waals surface area (Å²) in [5.41, 5.74) is 5.75. The maximum absolute atomic E-state index is 12.3. The van der Waals surface area contributed by atoms with Crippen LogP contribution in [0.5, 0.6) is 0 Å². The van der Waals surface area contributed by atoms with E-state index in [-0.39, 0.29) is 6.04 Å². The summed E-state index contributed by atoms with van der Waals surface area (Å²) in [5.74, 6) is 0. The molecule has 1 heterocycles. The highest BCUT2D eigenvalue weighted by Crippen LogP contribution is 2.24. The predicted molar refractivity (Wildman–Crippen MR) is 69.6 cm³/mol. The lowest BCUT2D eigenvalue weighted by molar-refractivity contribution is 0.472. The van der Waals surface area contributed by atoms with E-state index in [1.807, 2.05) is 12.3 Å². The van der Waals surface area contributed by atoms with E-state index in [9.17, 15) is 8.42 Å². The van der Waals surface area contributed by atoms with Crippen LogP contribution in [-0.2, 0) is 10.0 Å². The van der Waals surface area contributed by atoms with Crippen LogP contribution in [0.25, 0.3) is 0 Å². The van der Waals surface area contributed by atoms with Crippen LogP contribution in [0.4, 0.5) is 0 Å². The zero-order valence-electron chi connectivity index (χ0n) is 9.67. The van der Waals surface area contributed by atoms with Crippen molar-refractivity contribution in [3.05, 3.63) is 24.3 Å². The molecule has 0 aliphatic carbocycles. The van der Waals surface area contributed by atoms with Crippen LogP contribution in [0.2, 0.25) is 0 Å². The third-order valence-electron chi connectivity index (χ3n) is 2.87. The normalized spacial score (nSPS) is 21.9. The molecule has 17 heavy (non-hydrogen) atoms. The lowest BCUT2D eigenvalue weighted by atomic mass is 10.3. The second-order valence-electron chi connectivity index (χ2n) is 4.09. The third kappa shape index (κ3) is 2.65. The largest absolute Gasteiger partial charge is 0.326 e. The number of hydrogen-bond donors (Lipinski definition) is 1. The van der Waals surface area contributed by atoms with Gasteiger partial charge in [0.05, 0.1) is 4.90 Å². The molecule has 0 unspecified atom stereocenters. The summed E-state index contributed by atoms with van der Waals surface area (Å²) < 4.78 is 26.1. The Morgan fingerprint density at radius 3 is 2.82 bits per heavy atom. The molecule has 0 spiro atoms. The highest BCUT2D eigenvalue weighted by molar-refractivity contribution is 7.98. The number of sulfonamides is 1. The van der Waals surface area contributed by atoms with Crippen LogP contribution >= 0.6 is 11.8 Å². The molecule has 6 heteroatoms. The molecule has 1 aromatic carbocycles. The molecule has 1 aromatic rings. The molecular weight excluding hydrogens is 256 g/mol. The van der Waals surface area contributed by atoms with Crippen molar-refractivity contribution in [2.45, 2.75) is 22.3 Å². The van der Waals surface area contributed by atoms with Gasteiger partial charge in [-0.1, -0.05) is 6.07 Å². The molecule has 0 bridgehead atoms. The first-order chi connectivity index (χ1) is 8.04. The van der Waals surface area contributed by atoms with Gasteiger partial charge in [0.2, 0.25) is 10.0 Å². The van der Waals surface area contributed by atoms with Gasteiger partial charge in [0, 0.05) is 24.0 Å². The van der Waals surface area contributed by atoms with Crippen LogP contribution in [-0.4, -0.2) is 38.1 Å². The Morgan fingerprint density at radius 1 is 1.47 bits per heavy atom. The highest BCUT2D eigenvalue weighted by atomic mass is 32.2. The van der Waals surface area contributed by atoms with Gasteiger partial charge in [-0.3, -0.25) is 0 Å². The number of rotatable bonds is 3. The van der Waals surface area contributed by atoms with E-state index in [0.29, 0.717) is 18.0 Å². The average molecular weight is 272 g/mol. The zero-order valence-corrected chi connectivity index (χ0v) is 11.3. The van der Waals surface area contributed by atoms with E-state index in [4.69, 9.17) is 5.73 Å². The Morgan fingerprint density at radius 2 is 2.24 bits per heavy atom. The van der Waals surface area contributed by atoms with Crippen molar-refractivity contribution in [1.29, 1.82) is 0 Å². The molecule has 0 aromatic heterocycles. The topological polar surface area (TPSA) is 63.4 Å². The average Bonchev–Trinajstić information content (AvgIpc) is 2.76. The molecule has 1 aliphatic rings. The summed E-state index contributed by atoms with van der Waals surface area (Å²) in [5, 5.41) is 0. The van der Waals surface area contributed by atoms with Gasteiger partial charge >= 0.3 is 0 Å². The van der Waals surface area contributed by atoms with Crippen molar-refractivity contribution < 1.29 is 8.42 Å². The number of hydrogen-bond acceptors (Lipinski definition) is 4. The molecule has 1 aliphatic heterocycles. The minimum absolute atomic E-state index is 0.0338. The molecule has 2 N–H and O–H groups in total. The molecule has 2 rings (SSSR count). The Bertz CT molecular complexity index is 502. The van der Waals surface area contributed by atoms with Gasteiger partial charge in [0.1, 0.15) is 0 Å². The van der Waals surface area contributed by atoms with Crippen molar-refractivity contribution in [3.63, 3.8) is 0 Å². The van der Waals surface area contributed by atoms with E-state index in [2.05, 4.69) is 0 Å². The maximum Gasteiger partial charge on any atom is 0.243 e. The van der Waals surface area contributed by atoms with E-state index in [1.54, 1.807) is 18.2 Å². The second-order valence-corrected chi connectivity index (χ2v) is 6.91. The highest BCUT2D eigenvalue weighted by Gasteiger charge is 2.30. The Balaban J connectivity index is 2.31. The molecule has 0 amide bonds. The summed E-state index contributed by atoms with van der Waals surface area (Å²) in [4.78, 5) is 1.31. The van der Waals surface area contributed by atoms with Gasteiger partial charge in [0.25, 0.3) is 0 Å². The number of nitrogens with zero attached hydrogens (tertiary/aromatic N) is 1. The minimum atomic E-state index is -3.36. The smallest absolute Gasteiger partial charge is 0.243 e. The van der Waals surface area contributed by atoms with Crippen molar-refractivity contribution in [2.24, 2.45) is 5.73 Å². The number of thioether (sulfide) groups is 1. The maximum atomic E-state index is 12.3. The molecule has 1 atom stereocenters. The van der Waals surface area contributed by atoms with Gasteiger partial charge in [-0.2, -0.15) is 4.31 Å². The van der Waals surface area contributed by atoms with Crippen LogP contribution in [0.3, 0.4) is 0 Å². The molecule has 94 valence electrons. The van der Waals surface area contributed by atoms with Gasteiger partial charge < -0.3 is 5.73 Å². The first-order valence-electron chi connectivity index (χ1n) is 5.44. The predicted octanol–water partition coefficient (Wildman–Crippen LogP) is 1.13. The standard InChI is InChI=1S/C11H16N2O2S2/c1-16-10-3-2-4-11(7-10)17(14,15)13-6-5-9(12)8-13/h2-4,7,9H,5-6,8,12H2,1H3/t9-/m1/s1. The number of nitrogens with two attached hydrogens (primary N) is 1. The van der Waals surface area contributed by atoms with Gasteiger partial charge in [0.15, 0.2) is 0 Å². The Labute approximate surface area is 106 Å². The SMILES string of the molecule is CSc1cccc(S(=O)(=O)N2CC[C@@H](N)C2)c1. The Kier molecular flexibility index (Phi) is 3.77. The van der Waals surface area contributed by atoms with Gasteiger partial charge in [-0.25, -0.2) is 8.42 Å². The summed E-state index contributed by atoms with van der Waals surface area (Å²) in [7, 11) is -3.36. The monoisotopic (exact) mass is 272 g/mol. The molecule has 0 radical (unpaired) electrons. The van der Waals surface area contributed by atoms with Crippen LogP contribution in [0.1, 0.15) is 6.42 Å². The quantitative estimate of drug-likeness (QED) is 0.838. The van der Waals surface area contributed by atoms with Crippen molar-refractivity contribution in [3.8, 4) is 0 Å². The fourth-order valence-electron chi connectivity index (χ4n) is 1.88. The van der Waals surface area contributed by atoms with Crippen LogP contribution in [0, 0.1) is 0 Å². The lowest BCUT2D eigenvalue weighted by Crippen LogP contribution is -2.31. The lowest BCUT2D eigenvalue weighted by Gasteiger charge is -2.16. The van der Waals surface area contributed by atoms with E-state index in [0.717, 1.165) is 11.3 Å². The van der Waals surface area contributed by atoms with Gasteiger partial charge in [-0.15, -0.1) is 11.8 Å². The molecule has 4 nitrogen and oxygen atoms in total. The van der Waals surface area contributed by atoms with Crippen LogP contribution < -0.4 is 5.73 Å². The summed E-state index contributed by atoms with van der Waals surface area (Å²) >= 11 is 1.53. The van der Waals surface area contributed by atoms with E-state index in [1.165, 1.54) is 16.1 Å². The second kappa shape index (κ2) is 4.97. The first-order valence-corrected chi connectivity index (χ1v) is 8.10. The first kappa shape index (κ1) is 12.9. The van der Waals surface area contributed by atoms with Crippen LogP contribution in [0.15, 0.2) is 34.1 Å². The zero-order chi connectivity index (χ0) is 12.5. The summed E-state index contributed by atoms with van der Waals surface area (Å²) in [6, 6.07) is 6.99. The van der Waals surface area contributed by atoms with E-state index < -0.39 is 10.0 Å². The van der Waals surface area contributed by atoms with E-state index >= 15 is 0 Å². The molecule has 1 fully saturated rings. The Hall–Kier alpha value is -0.560. The van der Waals surface area contributed by atoms with Gasteiger partial charge in [-0.05, 0) is 30.9 Å². The fourth-order valence-corrected chi connectivity index (χ4v) is 3.98. The number of benzene rings is 1. The summed E-state index contributed by atoms with van der Waals surface area (Å²) in [6.45, 7) is 0.943. The summed E-state index contributed by atoms with van der Waals surface area (Å²) in [6.07, 6.45) is 2.67. The molecule has 0 saturated carbocycles. The minimum Gasteiger partial charge on any atom is -0.326 e. The van der Waals surface area contributed by atoms with Crippen molar-refractivity contribution in [2.75, 3.05) is 19.3 Å². The fraction of sp³-hybridized carbons (Fsp3) is 0.455. The van der Waals surface area contributed by atoms with Crippen molar-refractivity contribution in [1.82, 2.24) is 4.31 Å². The third-order valence-corrected chi connectivity index (χ3v) is 5.45. The molecular formula is C11H16N2O2S2.